The van der Waals surface area contributed by atoms with Gasteiger partial charge in [-0.2, -0.15) is 0 Å². The van der Waals surface area contributed by atoms with Crippen LogP contribution >= 0.6 is 0 Å². The lowest BCUT2D eigenvalue weighted by atomic mass is 9.96. The van der Waals surface area contributed by atoms with Gasteiger partial charge in [0, 0.05) is 6.04 Å². The Morgan fingerprint density at radius 1 is 1.31 bits per heavy atom. The summed E-state index contributed by atoms with van der Waals surface area (Å²) >= 11 is 0. The van der Waals surface area contributed by atoms with E-state index in [0.29, 0.717) is 11.7 Å². The number of benzene rings is 1. The summed E-state index contributed by atoms with van der Waals surface area (Å²) < 4.78 is 0. The van der Waals surface area contributed by atoms with Gasteiger partial charge in [-0.05, 0) is 30.0 Å². The second kappa shape index (κ2) is 3.79. The van der Waals surface area contributed by atoms with Crippen LogP contribution in [0.1, 0.15) is 31.0 Å². The van der Waals surface area contributed by atoms with Gasteiger partial charge in [0.1, 0.15) is 5.75 Å². The standard InChI is InChI=1S/C11H17NO/c1-7(2)11(12)9-4-5-10(13)8(3)6-9/h4-7,11,13H,12H2,1-3H3/t11-/m1/s1. The molecule has 0 unspecified atom stereocenters. The van der Waals surface area contributed by atoms with Crippen LogP contribution in [0.2, 0.25) is 0 Å². The number of hydrogen-bond acceptors (Lipinski definition) is 2. The third kappa shape index (κ3) is 2.22. The molecule has 2 nitrogen and oxygen atoms in total. The molecular formula is C11H17NO. The summed E-state index contributed by atoms with van der Waals surface area (Å²) in [5.41, 5.74) is 7.95. The molecular weight excluding hydrogens is 162 g/mol. The van der Waals surface area contributed by atoms with E-state index < -0.39 is 0 Å². The van der Waals surface area contributed by atoms with Crippen LogP contribution in [0.5, 0.6) is 5.75 Å². The maximum absolute atomic E-state index is 9.32. The Labute approximate surface area is 79.4 Å². The molecule has 0 heterocycles. The fourth-order valence-corrected chi connectivity index (χ4v) is 1.27. The molecule has 0 aromatic heterocycles. The molecule has 0 aliphatic carbocycles. The molecule has 0 radical (unpaired) electrons. The minimum absolute atomic E-state index is 0.0549. The zero-order valence-corrected chi connectivity index (χ0v) is 8.41. The van der Waals surface area contributed by atoms with E-state index in [1.165, 1.54) is 0 Å². The lowest BCUT2D eigenvalue weighted by Crippen LogP contribution is -2.16. The van der Waals surface area contributed by atoms with Crippen molar-refractivity contribution < 1.29 is 5.11 Å². The highest BCUT2D eigenvalue weighted by molar-refractivity contribution is 5.36. The third-order valence-corrected chi connectivity index (χ3v) is 2.32. The fourth-order valence-electron chi connectivity index (χ4n) is 1.27. The second-order valence-corrected chi connectivity index (χ2v) is 3.82. The molecule has 13 heavy (non-hydrogen) atoms. The Kier molecular flexibility index (Phi) is 2.94. The van der Waals surface area contributed by atoms with Crippen molar-refractivity contribution in [2.24, 2.45) is 11.7 Å². The largest absolute Gasteiger partial charge is 0.508 e. The van der Waals surface area contributed by atoms with Gasteiger partial charge in [0.25, 0.3) is 0 Å². The van der Waals surface area contributed by atoms with E-state index in [9.17, 15) is 5.11 Å². The van der Waals surface area contributed by atoms with E-state index >= 15 is 0 Å². The molecule has 2 heteroatoms. The molecule has 0 fully saturated rings. The van der Waals surface area contributed by atoms with Gasteiger partial charge in [0.15, 0.2) is 0 Å². The molecule has 0 saturated carbocycles. The average Bonchev–Trinajstić information content (AvgIpc) is 2.08. The Balaban J connectivity index is 2.97. The van der Waals surface area contributed by atoms with Crippen molar-refractivity contribution in [1.29, 1.82) is 0 Å². The third-order valence-electron chi connectivity index (χ3n) is 2.32. The van der Waals surface area contributed by atoms with Gasteiger partial charge in [-0.25, -0.2) is 0 Å². The molecule has 72 valence electrons. The van der Waals surface area contributed by atoms with Crippen molar-refractivity contribution in [3.8, 4) is 5.75 Å². The highest BCUT2D eigenvalue weighted by Crippen LogP contribution is 2.23. The summed E-state index contributed by atoms with van der Waals surface area (Å²) in [6, 6.07) is 5.58. The van der Waals surface area contributed by atoms with Crippen LogP contribution in [0, 0.1) is 12.8 Å². The molecule has 0 aliphatic rings. The van der Waals surface area contributed by atoms with Crippen molar-refractivity contribution in [2.75, 3.05) is 0 Å². The van der Waals surface area contributed by atoms with Crippen molar-refractivity contribution in [2.45, 2.75) is 26.8 Å². The van der Waals surface area contributed by atoms with Gasteiger partial charge < -0.3 is 10.8 Å². The number of aryl methyl sites for hydroxylation is 1. The van der Waals surface area contributed by atoms with Crippen LogP contribution in [-0.4, -0.2) is 5.11 Å². The van der Waals surface area contributed by atoms with E-state index in [1.807, 2.05) is 19.1 Å². The fraction of sp³-hybridized carbons (Fsp3) is 0.455. The maximum Gasteiger partial charge on any atom is 0.118 e. The topological polar surface area (TPSA) is 46.2 Å². The zero-order valence-electron chi connectivity index (χ0n) is 8.41. The highest BCUT2D eigenvalue weighted by atomic mass is 16.3. The van der Waals surface area contributed by atoms with E-state index in [0.717, 1.165) is 11.1 Å². The van der Waals surface area contributed by atoms with Gasteiger partial charge >= 0.3 is 0 Å². The van der Waals surface area contributed by atoms with Crippen molar-refractivity contribution >= 4 is 0 Å². The Hall–Kier alpha value is -1.02. The predicted molar refractivity (Wildman–Crippen MR) is 54.6 cm³/mol. The number of phenols is 1. The number of nitrogens with two attached hydrogens (primary N) is 1. The number of rotatable bonds is 2. The lowest BCUT2D eigenvalue weighted by molar-refractivity contribution is 0.468. The Morgan fingerprint density at radius 2 is 1.92 bits per heavy atom. The first kappa shape index (κ1) is 10.1. The number of phenolic OH excluding ortho intramolecular Hbond substituents is 1. The van der Waals surface area contributed by atoms with Crippen LogP contribution in [0.15, 0.2) is 18.2 Å². The van der Waals surface area contributed by atoms with Gasteiger partial charge in [-0.3, -0.25) is 0 Å². The molecule has 0 saturated heterocycles. The summed E-state index contributed by atoms with van der Waals surface area (Å²) in [5, 5.41) is 9.32. The Bertz CT molecular complexity index is 294. The van der Waals surface area contributed by atoms with Crippen LogP contribution in [0.25, 0.3) is 0 Å². The van der Waals surface area contributed by atoms with Crippen molar-refractivity contribution in [1.82, 2.24) is 0 Å². The molecule has 1 atom stereocenters. The summed E-state index contributed by atoms with van der Waals surface area (Å²) in [7, 11) is 0. The van der Waals surface area contributed by atoms with Gasteiger partial charge in [0.05, 0.1) is 0 Å². The van der Waals surface area contributed by atoms with Gasteiger partial charge in [0.2, 0.25) is 0 Å². The van der Waals surface area contributed by atoms with Gasteiger partial charge in [-0.15, -0.1) is 0 Å². The lowest BCUT2D eigenvalue weighted by Gasteiger charge is -2.16. The molecule has 0 aliphatic heterocycles. The second-order valence-electron chi connectivity index (χ2n) is 3.82. The molecule has 0 spiro atoms. The number of hydrogen-bond donors (Lipinski definition) is 2. The normalized spacial score (nSPS) is 13.3. The summed E-state index contributed by atoms with van der Waals surface area (Å²) in [6.07, 6.45) is 0. The zero-order chi connectivity index (χ0) is 10.0. The van der Waals surface area contributed by atoms with Crippen LogP contribution in [0.4, 0.5) is 0 Å². The minimum Gasteiger partial charge on any atom is -0.508 e. The molecule has 1 aromatic rings. The monoisotopic (exact) mass is 179 g/mol. The van der Waals surface area contributed by atoms with E-state index in [1.54, 1.807) is 6.07 Å². The van der Waals surface area contributed by atoms with Crippen molar-refractivity contribution in [3.63, 3.8) is 0 Å². The van der Waals surface area contributed by atoms with Crippen LogP contribution < -0.4 is 5.73 Å². The van der Waals surface area contributed by atoms with Crippen molar-refractivity contribution in [3.05, 3.63) is 29.3 Å². The SMILES string of the molecule is Cc1cc([C@H](N)C(C)C)ccc1O. The first-order valence-electron chi connectivity index (χ1n) is 4.57. The minimum atomic E-state index is 0.0549. The number of aromatic hydroxyl groups is 1. The summed E-state index contributed by atoms with van der Waals surface area (Å²) in [6.45, 7) is 6.06. The smallest absolute Gasteiger partial charge is 0.118 e. The molecule has 0 bridgehead atoms. The van der Waals surface area contributed by atoms with Gasteiger partial charge in [-0.1, -0.05) is 26.0 Å². The van der Waals surface area contributed by atoms with E-state index in [2.05, 4.69) is 13.8 Å². The van der Waals surface area contributed by atoms with Crippen LogP contribution in [0.3, 0.4) is 0 Å². The predicted octanol–water partition coefficient (Wildman–Crippen LogP) is 2.36. The van der Waals surface area contributed by atoms with Crippen LogP contribution in [-0.2, 0) is 0 Å². The quantitative estimate of drug-likeness (QED) is 0.732. The van der Waals surface area contributed by atoms with E-state index in [-0.39, 0.29) is 6.04 Å². The molecule has 0 amide bonds. The first-order chi connectivity index (χ1) is 6.02. The Morgan fingerprint density at radius 3 is 2.38 bits per heavy atom. The first-order valence-corrected chi connectivity index (χ1v) is 4.57. The maximum atomic E-state index is 9.32. The molecule has 1 aromatic carbocycles. The van der Waals surface area contributed by atoms with E-state index in [4.69, 9.17) is 5.73 Å². The highest BCUT2D eigenvalue weighted by Gasteiger charge is 2.10. The molecule has 1 rings (SSSR count). The average molecular weight is 179 g/mol. The summed E-state index contributed by atoms with van der Waals surface area (Å²) in [5.74, 6) is 0.753. The molecule has 3 N–H and O–H groups in total. The summed E-state index contributed by atoms with van der Waals surface area (Å²) in [4.78, 5) is 0.